The first-order valence-electron chi connectivity index (χ1n) is 4.48. The molecule has 0 aliphatic rings. The summed E-state index contributed by atoms with van der Waals surface area (Å²) in [7, 11) is 0. The Labute approximate surface area is 117 Å². The first-order valence-corrected chi connectivity index (χ1v) is 6.24. The average molecular weight is 417 g/mol. The van der Waals surface area contributed by atoms with E-state index in [1.54, 1.807) is 53.2 Å². The van der Waals surface area contributed by atoms with Gasteiger partial charge in [-0.25, -0.2) is 2.90 Å². The summed E-state index contributed by atoms with van der Waals surface area (Å²) in [5, 5.41) is 3.49. The molecule has 2 nitrogen and oxygen atoms in total. The summed E-state index contributed by atoms with van der Waals surface area (Å²) < 4.78 is 39.1. The molecular formula is C10H5BrF3IN2. The van der Waals surface area contributed by atoms with E-state index in [-0.39, 0.29) is 4.47 Å². The molecule has 0 saturated heterocycles. The molecule has 1 aromatic carbocycles. The smallest absolute Gasteiger partial charge is 0.202 e. The molecule has 0 fully saturated rings. The van der Waals surface area contributed by atoms with E-state index in [1.165, 1.54) is 2.90 Å². The number of benzene rings is 1. The number of nitrogens with zero attached hydrogens (tertiary/aromatic N) is 2. The van der Waals surface area contributed by atoms with Crippen LogP contribution < -0.4 is 0 Å². The van der Waals surface area contributed by atoms with Crippen molar-refractivity contribution in [3.63, 3.8) is 0 Å². The van der Waals surface area contributed by atoms with E-state index in [1.807, 2.05) is 0 Å². The number of hydrogen-bond acceptors (Lipinski definition) is 1. The fourth-order valence-corrected chi connectivity index (χ4v) is 3.15. The van der Waals surface area contributed by atoms with Crippen LogP contribution in [0.4, 0.5) is 13.2 Å². The second kappa shape index (κ2) is 4.60. The second-order valence-corrected chi connectivity index (χ2v) is 4.94. The van der Waals surface area contributed by atoms with E-state index in [0.29, 0.717) is 11.3 Å². The van der Waals surface area contributed by atoms with Gasteiger partial charge in [-0.15, -0.1) is 0 Å². The molecule has 7 heteroatoms. The first kappa shape index (κ1) is 12.9. The Bertz CT molecular complexity index is 536. The van der Waals surface area contributed by atoms with Gasteiger partial charge in [-0.2, -0.15) is 18.3 Å². The SMILES string of the molecule is FC(F)(F)c1nn(I)c(-c2ccccc2)c1Br. The van der Waals surface area contributed by atoms with Crippen molar-refractivity contribution in [3.05, 3.63) is 40.5 Å². The van der Waals surface area contributed by atoms with Crippen molar-refractivity contribution in [2.45, 2.75) is 6.18 Å². The van der Waals surface area contributed by atoms with E-state index in [9.17, 15) is 13.2 Å². The van der Waals surface area contributed by atoms with Crippen molar-refractivity contribution >= 4 is 38.8 Å². The predicted octanol–water partition coefficient (Wildman–Crippen LogP) is 4.53. The Hall–Kier alpha value is -0.570. The van der Waals surface area contributed by atoms with Crippen LogP contribution in [0, 0.1) is 0 Å². The van der Waals surface area contributed by atoms with Crippen molar-refractivity contribution in [2.75, 3.05) is 0 Å². The molecule has 0 aliphatic heterocycles. The highest BCUT2D eigenvalue weighted by Gasteiger charge is 2.38. The topological polar surface area (TPSA) is 17.8 Å². The van der Waals surface area contributed by atoms with Crippen molar-refractivity contribution < 1.29 is 13.2 Å². The molecule has 2 rings (SSSR count). The van der Waals surface area contributed by atoms with Gasteiger partial charge >= 0.3 is 6.18 Å². The lowest BCUT2D eigenvalue weighted by atomic mass is 10.1. The monoisotopic (exact) mass is 416 g/mol. The summed E-state index contributed by atoms with van der Waals surface area (Å²) in [6, 6.07) is 8.79. The third kappa shape index (κ3) is 2.49. The van der Waals surface area contributed by atoms with E-state index < -0.39 is 11.9 Å². The van der Waals surface area contributed by atoms with Crippen LogP contribution >= 0.6 is 38.8 Å². The van der Waals surface area contributed by atoms with Gasteiger partial charge in [0.15, 0.2) is 5.69 Å². The van der Waals surface area contributed by atoms with Crippen molar-refractivity contribution in [1.29, 1.82) is 0 Å². The predicted molar refractivity (Wildman–Crippen MR) is 69.8 cm³/mol. The Morgan fingerprint density at radius 3 is 2.24 bits per heavy atom. The van der Waals surface area contributed by atoms with E-state index in [2.05, 4.69) is 21.0 Å². The summed E-state index contributed by atoms with van der Waals surface area (Å²) in [4.78, 5) is 0. The molecule has 0 amide bonds. The molecule has 17 heavy (non-hydrogen) atoms. The molecule has 0 bridgehead atoms. The molecule has 1 heterocycles. The fraction of sp³-hybridized carbons (Fsp3) is 0.100. The highest BCUT2D eigenvalue weighted by Crippen LogP contribution is 2.40. The van der Waals surface area contributed by atoms with Crippen LogP contribution in [0.2, 0.25) is 0 Å². The van der Waals surface area contributed by atoms with Gasteiger partial charge in [0, 0.05) is 5.56 Å². The zero-order chi connectivity index (χ0) is 12.6. The lowest BCUT2D eigenvalue weighted by molar-refractivity contribution is -0.141. The van der Waals surface area contributed by atoms with Gasteiger partial charge in [0.05, 0.1) is 33.0 Å². The van der Waals surface area contributed by atoms with Crippen LogP contribution in [0.15, 0.2) is 34.8 Å². The molecule has 0 atom stereocenters. The Morgan fingerprint density at radius 1 is 1.18 bits per heavy atom. The summed E-state index contributed by atoms with van der Waals surface area (Å²) >= 11 is 4.69. The lowest BCUT2D eigenvalue weighted by Gasteiger charge is -2.02. The van der Waals surface area contributed by atoms with Gasteiger partial charge in [0.2, 0.25) is 0 Å². The maximum Gasteiger partial charge on any atom is 0.436 e. The maximum absolute atomic E-state index is 12.6. The van der Waals surface area contributed by atoms with Crippen LogP contribution in [0.1, 0.15) is 5.69 Å². The van der Waals surface area contributed by atoms with E-state index in [0.717, 1.165) is 0 Å². The number of hydrogen-bond donors (Lipinski definition) is 0. The van der Waals surface area contributed by atoms with Gasteiger partial charge < -0.3 is 0 Å². The molecule has 2 aromatic rings. The van der Waals surface area contributed by atoms with Gasteiger partial charge in [0.1, 0.15) is 0 Å². The molecular weight excluding hydrogens is 412 g/mol. The van der Waals surface area contributed by atoms with Gasteiger partial charge in [-0.3, -0.25) is 0 Å². The molecule has 0 unspecified atom stereocenters. The average Bonchev–Trinajstić information content (AvgIpc) is 2.55. The zero-order valence-corrected chi connectivity index (χ0v) is 11.9. The molecule has 1 aromatic heterocycles. The molecule has 90 valence electrons. The lowest BCUT2D eigenvalue weighted by Crippen LogP contribution is -2.06. The number of halogens is 5. The quantitative estimate of drug-likeness (QED) is 0.624. The number of alkyl halides is 3. The third-order valence-electron chi connectivity index (χ3n) is 2.10. The minimum absolute atomic E-state index is 0.0365. The van der Waals surface area contributed by atoms with Gasteiger partial charge in [-0.1, -0.05) is 30.3 Å². The van der Waals surface area contributed by atoms with Crippen LogP contribution in [0.5, 0.6) is 0 Å². The van der Waals surface area contributed by atoms with Crippen molar-refractivity contribution in [1.82, 2.24) is 7.99 Å². The molecule has 0 N–H and O–H groups in total. The Kier molecular flexibility index (Phi) is 3.48. The van der Waals surface area contributed by atoms with Gasteiger partial charge in [-0.05, 0) is 15.9 Å². The largest absolute Gasteiger partial charge is 0.436 e. The first-order chi connectivity index (χ1) is 7.91. The molecule has 0 aliphatic carbocycles. The van der Waals surface area contributed by atoms with Crippen LogP contribution in [-0.4, -0.2) is 7.99 Å². The highest BCUT2D eigenvalue weighted by molar-refractivity contribution is 14.1. The minimum atomic E-state index is -4.46. The number of rotatable bonds is 1. The van der Waals surface area contributed by atoms with Crippen molar-refractivity contribution in [3.8, 4) is 11.3 Å². The fourth-order valence-electron chi connectivity index (χ4n) is 1.39. The Balaban J connectivity index is 2.61. The van der Waals surface area contributed by atoms with Crippen LogP contribution in [0.3, 0.4) is 0 Å². The maximum atomic E-state index is 12.6. The molecule has 0 spiro atoms. The summed E-state index contributed by atoms with van der Waals surface area (Å²) in [5.74, 6) is 0. The molecule has 0 saturated carbocycles. The summed E-state index contributed by atoms with van der Waals surface area (Å²) in [5.41, 5.74) is 0.168. The van der Waals surface area contributed by atoms with E-state index >= 15 is 0 Å². The Morgan fingerprint density at radius 2 is 1.76 bits per heavy atom. The van der Waals surface area contributed by atoms with E-state index in [4.69, 9.17) is 0 Å². The minimum Gasteiger partial charge on any atom is -0.202 e. The highest BCUT2D eigenvalue weighted by atomic mass is 127. The molecule has 0 radical (unpaired) electrons. The standard InChI is InChI=1S/C10H5BrF3IN2/c11-7-8(6-4-2-1-3-5-6)17(15)16-9(7)10(12,13)14/h1-5H. The number of aromatic nitrogens is 2. The van der Waals surface area contributed by atoms with Gasteiger partial charge in [0.25, 0.3) is 0 Å². The third-order valence-corrected chi connectivity index (χ3v) is 3.55. The normalized spacial score (nSPS) is 11.8. The second-order valence-electron chi connectivity index (χ2n) is 3.24. The van der Waals surface area contributed by atoms with Crippen LogP contribution in [-0.2, 0) is 6.18 Å². The zero-order valence-electron chi connectivity index (χ0n) is 8.17. The van der Waals surface area contributed by atoms with Crippen LogP contribution in [0.25, 0.3) is 11.3 Å². The summed E-state index contributed by atoms with van der Waals surface area (Å²) in [6.45, 7) is 0. The summed E-state index contributed by atoms with van der Waals surface area (Å²) in [6.07, 6.45) is -4.46. The van der Waals surface area contributed by atoms with Crippen molar-refractivity contribution in [2.24, 2.45) is 0 Å².